The molecule has 0 radical (unpaired) electrons. The molecule has 158 valence electrons. The summed E-state index contributed by atoms with van der Waals surface area (Å²) in [6, 6.07) is 8.13. The van der Waals surface area contributed by atoms with E-state index in [4.69, 9.17) is 5.73 Å². The first-order valence-electron chi connectivity index (χ1n) is 10.5. The number of rotatable bonds is 8. The normalized spacial score (nSPS) is 22.7. The van der Waals surface area contributed by atoms with E-state index in [1.807, 2.05) is 31.2 Å². The van der Waals surface area contributed by atoms with Crippen LogP contribution < -0.4 is 11.1 Å². The Labute approximate surface area is 172 Å². The quantitative estimate of drug-likeness (QED) is 0.638. The van der Waals surface area contributed by atoms with Crippen LogP contribution in [0.5, 0.6) is 0 Å². The van der Waals surface area contributed by atoms with Gasteiger partial charge in [-0.2, -0.15) is 0 Å². The fraction of sp³-hybridized carbons (Fsp3) is 0.591. The summed E-state index contributed by atoms with van der Waals surface area (Å²) in [5.41, 5.74) is 7.69. The van der Waals surface area contributed by atoms with Crippen molar-refractivity contribution in [2.45, 2.75) is 39.2 Å². The first-order valence-corrected chi connectivity index (χ1v) is 10.5. The molecule has 1 aromatic rings. The molecule has 0 aromatic heterocycles. The second-order valence-electron chi connectivity index (χ2n) is 8.35. The Morgan fingerprint density at radius 3 is 2.66 bits per heavy atom. The first kappa shape index (κ1) is 21.3. The molecule has 2 unspecified atom stereocenters. The number of carbonyl (C=O) groups is 3. The summed E-state index contributed by atoms with van der Waals surface area (Å²) in [7, 11) is 0. The molecule has 2 fully saturated rings. The molecular weight excluding hydrogens is 368 g/mol. The van der Waals surface area contributed by atoms with E-state index in [1.165, 1.54) is 5.56 Å². The molecule has 2 aliphatic heterocycles. The highest BCUT2D eigenvalue weighted by molar-refractivity contribution is 5.89. The number of aryl methyl sites for hydroxylation is 1. The Balaban J connectivity index is 1.37. The van der Waals surface area contributed by atoms with Crippen molar-refractivity contribution >= 4 is 17.7 Å². The van der Waals surface area contributed by atoms with Gasteiger partial charge in [-0.05, 0) is 44.8 Å². The summed E-state index contributed by atoms with van der Waals surface area (Å²) >= 11 is 0. The van der Waals surface area contributed by atoms with Crippen LogP contribution in [0.1, 0.15) is 36.8 Å². The largest absolute Gasteiger partial charge is 0.369 e. The summed E-state index contributed by atoms with van der Waals surface area (Å²) in [4.78, 5) is 40.1. The predicted octanol–water partition coefficient (Wildman–Crippen LogP) is 1.05. The summed E-state index contributed by atoms with van der Waals surface area (Å²) < 4.78 is 0. The lowest BCUT2D eigenvalue weighted by Gasteiger charge is -2.31. The monoisotopic (exact) mass is 400 g/mol. The van der Waals surface area contributed by atoms with Gasteiger partial charge in [0, 0.05) is 32.6 Å². The lowest BCUT2D eigenvalue weighted by molar-refractivity contribution is -0.129. The molecule has 1 aromatic carbocycles. The lowest BCUT2D eigenvalue weighted by Crippen LogP contribution is -2.42. The summed E-state index contributed by atoms with van der Waals surface area (Å²) in [6.45, 7) is 6.18. The molecule has 0 saturated carbocycles. The topological polar surface area (TPSA) is 95.7 Å². The molecule has 0 aliphatic carbocycles. The zero-order chi connectivity index (χ0) is 20.8. The van der Waals surface area contributed by atoms with Gasteiger partial charge in [-0.25, -0.2) is 0 Å². The van der Waals surface area contributed by atoms with E-state index in [2.05, 4.69) is 10.2 Å². The van der Waals surface area contributed by atoms with Crippen molar-refractivity contribution in [3.63, 3.8) is 0 Å². The van der Waals surface area contributed by atoms with E-state index in [0.29, 0.717) is 26.2 Å². The predicted molar refractivity (Wildman–Crippen MR) is 111 cm³/mol. The van der Waals surface area contributed by atoms with Crippen LogP contribution >= 0.6 is 0 Å². The highest BCUT2D eigenvalue weighted by Gasteiger charge is 2.34. The molecule has 2 atom stereocenters. The smallest absolute Gasteiger partial charge is 0.225 e. The van der Waals surface area contributed by atoms with Crippen LogP contribution in [0.3, 0.4) is 0 Å². The third-order valence-corrected chi connectivity index (χ3v) is 5.94. The Morgan fingerprint density at radius 2 is 1.93 bits per heavy atom. The van der Waals surface area contributed by atoms with Gasteiger partial charge >= 0.3 is 0 Å². The van der Waals surface area contributed by atoms with Crippen LogP contribution in [-0.2, 0) is 20.9 Å². The molecule has 29 heavy (non-hydrogen) atoms. The van der Waals surface area contributed by atoms with Gasteiger partial charge in [-0.15, -0.1) is 0 Å². The fourth-order valence-electron chi connectivity index (χ4n) is 4.16. The Bertz CT molecular complexity index is 734. The maximum absolute atomic E-state index is 12.5. The Kier molecular flexibility index (Phi) is 7.25. The number of nitrogens with one attached hydrogen (secondary N) is 1. The molecule has 3 rings (SSSR count). The van der Waals surface area contributed by atoms with Crippen LogP contribution in [0.4, 0.5) is 0 Å². The van der Waals surface area contributed by atoms with Crippen LogP contribution in [-0.4, -0.2) is 60.2 Å². The van der Waals surface area contributed by atoms with Crippen LogP contribution in [0, 0.1) is 18.8 Å². The van der Waals surface area contributed by atoms with E-state index in [9.17, 15) is 14.4 Å². The number of benzene rings is 1. The van der Waals surface area contributed by atoms with Crippen molar-refractivity contribution < 1.29 is 14.4 Å². The van der Waals surface area contributed by atoms with E-state index < -0.39 is 0 Å². The molecule has 3 amide bonds. The molecule has 2 heterocycles. The minimum absolute atomic E-state index is 0.0385. The minimum Gasteiger partial charge on any atom is -0.369 e. The van der Waals surface area contributed by atoms with E-state index >= 15 is 0 Å². The number of nitrogens with two attached hydrogens (primary N) is 1. The third-order valence-electron chi connectivity index (χ3n) is 5.94. The van der Waals surface area contributed by atoms with E-state index in [-0.39, 0.29) is 36.0 Å². The van der Waals surface area contributed by atoms with Gasteiger partial charge in [0.05, 0.1) is 11.8 Å². The van der Waals surface area contributed by atoms with Crippen LogP contribution in [0.15, 0.2) is 24.3 Å². The molecule has 3 N–H and O–H groups in total. The molecule has 7 heteroatoms. The average Bonchev–Trinajstić information content (AvgIpc) is 3.07. The second-order valence-corrected chi connectivity index (χ2v) is 8.35. The summed E-state index contributed by atoms with van der Waals surface area (Å²) in [6.07, 6.45) is 2.97. The van der Waals surface area contributed by atoms with Gasteiger partial charge in [0.15, 0.2) is 0 Å². The second kappa shape index (κ2) is 9.87. The first-order chi connectivity index (χ1) is 13.9. The molecule has 2 saturated heterocycles. The van der Waals surface area contributed by atoms with E-state index in [0.717, 1.165) is 37.9 Å². The summed E-state index contributed by atoms with van der Waals surface area (Å²) in [5.74, 6) is -0.552. The summed E-state index contributed by atoms with van der Waals surface area (Å²) in [5, 5.41) is 2.97. The minimum atomic E-state index is -0.276. The fourth-order valence-corrected chi connectivity index (χ4v) is 4.16. The highest BCUT2D eigenvalue weighted by Crippen LogP contribution is 2.21. The Hall–Kier alpha value is -2.41. The van der Waals surface area contributed by atoms with Crippen molar-refractivity contribution in [3.8, 4) is 0 Å². The molecule has 0 bridgehead atoms. The highest BCUT2D eigenvalue weighted by atomic mass is 16.2. The van der Waals surface area contributed by atoms with Gasteiger partial charge in [0.25, 0.3) is 0 Å². The molecule has 2 aliphatic rings. The molecule has 7 nitrogen and oxygen atoms in total. The van der Waals surface area contributed by atoms with Crippen molar-refractivity contribution in [1.29, 1.82) is 0 Å². The van der Waals surface area contributed by atoms with Crippen molar-refractivity contribution in [1.82, 2.24) is 15.1 Å². The van der Waals surface area contributed by atoms with Crippen molar-refractivity contribution in [2.24, 2.45) is 17.6 Å². The van der Waals surface area contributed by atoms with Gasteiger partial charge in [0.1, 0.15) is 0 Å². The van der Waals surface area contributed by atoms with E-state index in [1.54, 1.807) is 4.90 Å². The maximum Gasteiger partial charge on any atom is 0.225 e. The van der Waals surface area contributed by atoms with Gasteiger partial charge in [-0.1, -0.05) is 29.8 Å². The van der Waals surface area contributed by atoms with Crippen molar-refractivity contribution in [3.05, 3.63) is 35.4 Å². The number of nitrogens with zero attached hydrogens (tertiary/aromatic N) is 2. The standard InChI is InChI=1S/C22H32N4O3/c1-16-5-7-17(8-6-16)13-26-15-19(12-20(26)27)22(29)24-9-3-11-25-10-2-4-18(14-25)21(23)28/h5-8,18-19H,2-4,9-15H2,1H3,(H2,23,28)(H,24,29). The Morgan fingerprint density at radius 1 is 1.17 bits per heavy atom. The molecular formula is C22H32N4O3. The number of likely N-dealkylation sites (tertiary alicyclic amines) is 2. The average molecular weight is 401 g/mol. The number of primary amides is 1. The molecule has 0 spiro atoms. The van der Waals surface area contributed by atoms with Gasteiger partial charge in [-0.3, -0.25) is 14.4 Å². The van der Waals surface area contributed by atoms with Crippen LogP contribution in [0.2, 0.25) is 0 Å². The van der Waals surface area contributed by atoms with Gasteiger partial charge in [0.2, 0.25) is 17.7 Å². The van der Waals surface area contributed by atoms with Crippen LogP contribution in [0.25, 0.3) is 0 Å². The number of amides is 3. The zero-order valence-corrected chi connectivity index (χ0v) is 17.2. The van der Waals surface area contributed by atoms with Gasteiger partial charge < -0.3 is 20.9 Å². The number of hydrogen-bond acceptors (Lipinski definition) is 4. The zero-order valence-electron chi connectivity index (χ0n) is 17.2. The lowest BCUT2D eigenvalue weighted by atomic mass is 9.97. The number of hydrogen-bond donors (Lipinski definition) is 2. The maximum atomic E-state index is 12.5. The van der Waals surface area contributed by atoms with Crippen molar-refractivity contribution in [2.75, 3.05) is 32.7 Å². The number of piperidine rings is 1. The number of carbonyl (C=O) groups excluding carboxylic acids is 3. The SMILES string of the molecule is Cc1ccc(CN2CC(C(=O)NCCCN3CCCC(C(N)=O)C3)CC2=O)cc1. The third kappa shape index (κ3) is 6.03.